The Balaban J connectivity index is 1.94. The molecule has 2 heteroatoms. The summed E-state index contributed by atoms with van der Waals surface area (Å²) in [7, 11) is 0. The number of halogens is 1. The van der Waals surface area contributed by atoms with Crippen LogP contribution in [0.1, 0.15) is 0 Å². The van der Waals surface area contributed by atoms with E-state index in [2.05, 4.69) is 146 Å². The van der Waals surface area contributed by atoms with Crippen LogP contribution in [0, 0.1) is 0 Å². The predicted molar refractivity (Wildman–Crippen MR) is 148 cm³/mol. The fourth-order valence-electron chi connectivity index (χ4n) is 4.74. The van der Waals surface area contributed by atoms with Crippen LogP contribution in [0.5, 0.6) is 0 Å². The maximum absolute atomic E-state index is 8.12. The van der Waals surface area contributed by atoms with Crippen molar-refractivity contribution in [2.45, 2.75) is 0 Å². The monoisotopic (exact) mass is 464 g/mol. The third kappa shape index (κ3) is 3.70. The molecule has 5 aromatic carbocycles. The molecule has 0 saturated carbocycles. The summed E-state index contributed by atoms with van der Waals surface area (Å²) in [5.41, 5.74) is 4.76. The van der Waals surface area contributed by atoms with Gasteiger partial charge in [-0.15, -0.1) is 0 Å². The Bertz CT molecular complexity index is 1320. The van der Waals surface area contributed by atoms with Gasteiger partial charge in [-0.25, -0.2) is 0 Å². The van der Waals surface area contributed by atoms with E-state index in [0.717, 1.165) is 0 Å². The molecule has 0 heterocycles. The van der Waals surface area contributed by atoms with E-state index in [1.165, 1.54) is 38.2 Å². The first-order valence-electron chi connectivity index (χ1n) is 11.2. The molecule has 5 rings (SSSR count). The summed E-state index contributed by atoms with van der Waals surface area (Å²) >= 11 is 8.12. The summed E-state index contributed by atoms with van der Waals surface area (Å²) in [5, 5.41) is 3.52. The van der Waals surface area contributed by atoms with Crippen molar-refractivity contribution in [2.75, 3.05) is 6.66 Å². The number of hydrogen-bond donors (Lipinski definition) is 0. The molecular formula is C31H26ClP. The van der Waals surface area contributed by atoms with Gasteiger partial charge < -0.3 is 0 Å². The molecule has 0 fully saturated rings. The normalized spacial score (nSPS) is 12.6. The van der Waals surface area contributed by atoms with Gasteiger partial charge in [0, 0.05) is 0 Å². The second-order valence-electron chi connectivity index (χ2n) is 8.53. The minimum absolute atomic E-state index is 1.17. The molecule has 0 saturated heterocycles. The van der Waals surface area contributed by atoms with Crippen LogP contribution in [0.25, 0.3) is 22.3 Å². The standard InChI is InChI=1S/C31H26ClP/c1-33(32,27-19-10-4-11-20-27,28-21-12-5-13-22-28)30-24-14-23-29(25-15-6-2-7-16-25)31(30)26-17-8-3-9-18-26/h2-24H,1H3. The first kappa shape index (κ1) is 21.7. The van der Waals surface area contributed by atoms with E-state index in [-0.39, 0.29) is 0 Å². The second kappa shape index (κ2) is 8.64. The van der Waals surface area contributed by atoms with E-state index < -0.39 is 5.96 Å². The molecule has 0 spiro atoms. The number of hydrogen-bond acceptors (Lipinski definition) is 0. The Morgan fingerprint density at radius 1 is 0.455 bits per heavy atom. The summed E-state index contributed by atoms with van der Waals surface area (Å²) in [4.78, 5) is 0. The van der Waals surface area contributed by atoms with Crippen LogP contribution in [-0.4, -0.2) is 6.66 Å². The van der Waals surface area contributed by atoms with E-state index in [4.69, 9.17) is 11.2 Å². The predicted octanol–water partition coefficient (Wildman–Crippen LogP) is 7.63. The van der Waals surface area contributed by atoms with E-state index in [1.807, 2.05) is 0 Å². The molecule has 0 amide bonds. The zero-order valence-electron chi connectivity index (χ0n) is 18.6. The third-order valence-electron chi connectivity index (χ3n) is 6.50. The van der Waals surface area contributed by atoms with Crippen LogP contribution in [0.2, 0.25) is 0 Å². The maximum atomic E-state index is 8.12. The average Bonchev–Trinajstić information content (AvgIpc) is 2.90. The molecule has 5 aromatic rings. The van der Waals surface area contributed by atoms with Crippen molar-refractivity contribution in [1.82, 2.24) is 0 Å². The second-order valence-corrected chi connectivity index (χ2v) is 15.4. The Kier molecular flexibility index (Phi) is 5.67. The van der Waals surface area contributed by atoms with Crippen molar-refractivity contribution in [3.63, 3.8) is 0 Å². The van der Waals surface area contributed by atoms with Crippen LogP contribution >= 0.6 is 17.2 Å². The van der Waals surface area contributed by atoms with Gasteiger partial charge in [-0.2, -0.15) is 0 Å². The van der Waals surface area contributed by atoms with Crippen LogP contribution < -0.4 is 15.9 Å². The summed E-state index contributed by atoms with van der Waals surface area (Å²) in [5.74, 6) is -3.31. The number of rotatable bonds is 5. The molecule has 0 N–H and O–H groups in total. The quantitative estimate of drug-likeness (QED) is 0.234. The molecule has 33 heavy (non-hydrogen) atoms. The first-order chi connectivity index (χ1) is 16.1. The van der Waals surface area contributed by atoms with Gasteiger partial charge in [-0.3, -0.25) is 0 Å². The van der Waals surface area contributed by atoms with Crippen molar-refractivity contribution in [3.05, 3.63) is 140 Å². The summed E-state index contributed by atoms with van der Waals surface area (Å²) in [6, 6.07) is 49.1. The summed E-state index contributed by atoms with van der Waals surface area (Å²) < 4.78 is 0. The molecule has 0 radical (unpaired) electrons. The third-order valence-corrected chi connectivity index (χ3v) is 12.8. The Morgan fingerprint density at radius 3 is 1.36 bits per heavy atom. The van der Waals surface area contributed by atoms with Gasteiger partial charge in [-0.1, -0.05) is 0 Å². The van der Waals surface area contributed by atoms with E-state index in [1.54, 1.807) is 0 Å². The van der Waals surface area contributed by atoms with Gasteiger partial charge in [0.15, 0.2) is 0 Å². The summed E-state index contributed by atoms with van der Waals surface area (Å²) in [6.07, 6.45) is 0. The van der Waals surface area contributed by atoms with Crippen molar-refractivity contribution in [3.8, 4) is 22.3 Å². The molecule has 0 nitrogen and oxygen atoms in total. The topological polar surface area (TPSA) is 0 Å². The van der Waals surface area contributed by atoms with Crippen LogP contribution in [0.15, 0.2) is 140 Å². The van der Waals surface area contributed by atoms with Crippen molar-refractivity contribution in [1.29, 1.82) is 0 Å². The molecule has 0 aliphatic carbocycles. The Hall–Kier alpha value is -3.18. The zero-order chi connectivity index (χ0) is 22.8. The van der Waals surface area contributed by atoms with Crippen LogP contribution in [0.4, 0.5) is 0 Å². The van der Waals surface area contributed by atoms with E-state index in [0.29, 0.717) is 0 Å². The zero-order valence-corrected chi connectivity index (χ0v) is 20.3. The molecule has 0 bridgehead atoms. The van der Waals surface area contributed by atoms with Crippen molar-refractivity contribution < 1.29 is 0 Å². The van der Waals surface area contributed by atoms with Crippen molar-refractivity contribution >= 4 is 33.1 Å². The van der Waals surface area contributed by atoms with Crippen LogP contribution in [0.3, 0.4) is 0 Å². The minimum atomic E-state index is -3.31. The molecule has 0 aromatic heterocycles. The fraction of sp³-hybridized carbons (Fsp3) is 0.0323. The average molecular weight is 465 g/mol. The molecule has 0 aliphatic rings. The van der Waals surface area contributed by atoms with Gasteiger partial charge in [0.1, 0.15) is 0 Å². The van der Waals surface area contributed by atoms with Gasteiger partial charge in [0.05, 0.1) is 0 Å². The van der Waals surface area contributed by atoms with Gasteiger partial charge in [0.25, 0.3) is 0 Å². The molecular weight excluding hydrogens is 439 g/mol. The van der Waals surface area contributed by atoms with E-state index in [9.17, 15) is 0 Å². The van der Waals surface area contributed by atoms with Gasteiger partial charge in [-0.05, 0) is 0 Å². The fourth-order valence-corrected chi connectivity index (χ4v) is 9.68. The summed E-state index contributed by atoms with van der Waals surface area (Å²) in [6.45, 7) is 2.27. The van der Waals surface area contributed by atoms with Crippen molar-refractivity contribution in [2.24, 2.45) is 0 Å². The Labute approximate surface area is 201 Å². The molecule has 0 aliphatic heterocycles. The molecule has 0 atom stereocenters. The molecule has 0 unspecified atom stereocenters. The van der Waals surface area contributed by atoms with E-state index >= 15 is 0 Å². The SMILES string of the molecule is CP(Cl)(c1ccccc1)(c1ccccc1)c1cccc(-c2ccccc2)c1-c1ccccc1. The first-order valence-corrected chi connectivity index (χ1v) is 14.8. The Morgan fingerprint density at radius 2 is 0.879 bits per heavy atom. The van der Waals surface area contributed by atoms with Crippen LogP contribution in [-0.2, 0) is 0 Å². The number of benzene rings is 5. The van der Waals surface area contributed by atoms with Gasteiger partial charge >= 0.3 is 202 Å². The van der Waals surface area contributed by atoms with Gasteiger partial charge in [0.2, 0.25) is 0 Å². The molecule has 162 valence electrons.